The Morgan fingerprint density at radius 1 is 1.15 bits per heavy atom. The minimum atomic E-state index is -3.60. The lowest BCUT2D eigenvalue weighted by Gasteiger charge is -2.25. The lowest BCUT2D eigenvalue weighted by Crippen LogP contribution is -2.38. The van der Waals surface area contributed by atoms with Crippen LogP contribution in [0, 0.1) is 0 Å². The number of carbonyl (C=O) groups is 1. The Balaban J connectivity index is 2.08. The zero-order valence-electron chi connectivity index (χ0n) is 11.0. The quantitative estimate of drug-likeness (QED) is 0.745. The molecular weight excluding hydrogens is 280 g/mol. The van der Waals surface area contributed by atoms with Crippen molar-refractivity contribution in [3.05, 3.63) is 29.8 Å². The Bertz CT molecular complexity index is 575. The minimum Gasteiger partial charge on any atom is -0.393 e. The van der Waals surface area contributed by atoms with Crippen LogP contribution in [0.15, 0.2) is 29.2 Å². The van der Waals surface area contributed by atoms with Crippen LogP contribution in [0.1, 0.15) is 36.0 Å². The summed E-state index contributed by atoms with van der Waals surface area (Å²) in [4.78, 5) is 11.0. The van der Waals surface area contributed by atoms with Crippen LogP contribution in [0.2, 0.25) is 0 Å². The molecule has 4 N–H and O–H groups in total. The van der Waals surface area contributed by atoms with Crippen molar-refractivity contribution in [2.45, 2.75) is 42.7 Å². The zero-order chi connectivity index (χ0) is 14.8. The minimum absolute atomic E-state index is 0.105. The third-order valence-electron chi connectivity index (χ3n) is 3.47. The molecule has 0 aliphatic heterocycles. The highest BCUT2D eigenvalue weighted by atomic mass is 32.2. The van der Waals surface area contributed by atoms with Gasteiger partial charge in [0.05, 0.1) is 11.0 Å². The largest absolute Gasteiger partial charge is 0.393 e. The summed E-state index contributed by atoms with van der Waals surface area (Å²) in [5, 5.41) is 9.40. The second-order valence-corrected chi connectivity index (χ2v) is 6.73. The Hall–Kier alpha value is -1.44. The maximum atomic E-state index is 12.2. The molecule has 6 nitrogen and oxygen atoms in total. The first-order valence-corrected chi connectivity index (χ1v) is 7.97. The molecule has 1 aromatic carbocycles. The molecule has 0 atom stereocenters. The number of benzene rings is 1. The maximum Gasteiger partial charge on any atom is 0.248 e. The number of aliphatic hydroxyl groups is 1. The van der Waals surface area contributed by atoms with Gasteiger partial charge < -0.3 is 10.8 Å². The second kappa shape index (κ2) is 5.90. The standard InChI is InChI=1S/C13H18N2O4S/c14-13(17)9-1-7-12(8-2-9)20(18,19)15-10-3-5-11(16)6-4-10/h1-2,7-8,10-11,15-16H,3-6H2,(H2,14,17). The summed E-state index contributed by atoms with van der Waals surface area (Å²) in [6.07, 6.45) is 2.13. The molecule has 20 heavy (non-hydrogen) atoms. The van der Waals surface area contributed by atoms with E-state index in [1.807, 2.05) is 0 Å². The van der Waals surface area contributed by atoms with E-state index in [4.69, 9.17) is 5.73 Å². The molecule has 0 unspecified atom stereocenters. The van der Waals surface area contributed by atoms with Crippen LogP contribution in [-0.2, 0) is 10.0 Å². The molecular formula is C13H18N2O4S. The van der Waals surface area contributed by atoms with Gasteiger partial charge in [-0.2, -0.15) is 0 Å². The van der Waals surface area contributed by atoms with Gasteiger partial charge in [0.1, 0.15) is 0 Å². The van der Waals surface area contributed by atoms with Gasteiger partial charge in [-0.3, -0.25) is 4.79 Å². The molecule has 1 saturated carbocycles. The van der Waals surface area contributed by atoms with Gasteiger partial charge in [-0.25, -0.2) is 13.1 Å². The highest BCUT2D eigenvalue weighted by molar-refractivity contribution is 7.89. The molecule has 1 aromatic rings. The van der Waals surface area contributed by atoms with Crippen molar-refractivity contribution in [2.24, 2.45) is 5.73 Å². The molecule has 0 bridgehead atoms. The first kappa shape index (κ1) is 15.0. The van der Waals surface area contributed by atoms with E-state index in [1.165, 1.54) is 24.3 Å². The summed E-state index contributed by atoms with van der Waals surface area (Å²) in [6.45, 7) is 0. The van der Waals surface area contributed by atoms with E-state index in [1.54, 1.807) is 0 Å². The number of sulfonamides is 1. The van der Waals surface area contributed by atoms with Gasteiger partial charge >= 0.3 is 0 Å². The number of nitrogens with one attached hydrogen (secondary N) is 1. The Labute approximate surface area is 118 Å². The van der Waals surface area contributed by atoms with Crippen molar-refractivity contribution in [3.8, 4) is 0 Å². The van der Waals surface area contributed by atoms with E-state index >= 15 is 0 Å². The molecule has 0 aromatic heterocycles. The van der Waals surface area contributed by atoms with Crippen molar-refractivity contribution in [2.75, 3.05) is 0 Å². The highest BCUT2D eigenvalue weighted by Crippen LogP contribution is 2.20. The third-order valence-corrected chi connectivity index (χ3v) is 5.00. The van der Waals surface area contributed by atoms with Gasteiger partial charge in [0, 0.05) is 11.6 Å². The number of primary amides is 1. The number of hydrogen-bond donors (Lipinski definition) is 3. The molecule has 1 amide bonds. The summed E-state index contributed by atoms with van der Waals surface area (Å²) in [5.41, 5.74) is 5.38. The van der Waals surface area contributed by atoms with Gasteiger partial charge in [-0.1, -0.05) is 0 Å². The fourth-order valence-corrected chi connectivity index (χ4v) is 3.58. The van der Waals surface area contributed by atoms with E-state index in [9.17, 15) is 18.3 Å². The Morgan fingerprint density at radius 2 is 1.70 bits per heavy atom. The average molecular weight is 298 g/mol. The lowest BCUT2D eigenvalue weighted by molar-refractivity contribution is 0.1000. The van der Waals surface area contributed by atoms with E-state index in [2.05, 4.69) is 4.72 Å². The summed E-state index contributed by atoms with van der Waals surface area (Å²) in [6, 6.07) is 5.35. The van der Waals surface area contributed by atoms with Gasteiger partial charge in [0.25, 0.3) is 0 Å². The second-order valence-electron chi connectivity index (χ2n) is 5.02. The predicted octanol–water partition coefficient (Wildman–Crippen LogP) is 0.367. The molecule has 0 heterocycles. The van der Waals surface area contributed by atoms with Crippen molar-refractivity contribution in [1.82, 2.24) is 4.72 Å². The normalized spacial score (nSPS) is 23.4. The molecule has 0 saturated heterocycles. The number of aliphatic hydroxyl groups excluding tert-OH is 1. The fraction of sp³-hybridized carbons (Fsp3) is 0.462. The first-order valence-electron chi connectivity index (χ1n) is 6.49. The molecule has 1 fully saturated rings. The first-order chi connectivity index (χ1) is 9.38. The number of hydrogen-bond acceptors (Lipinski definition) is 4. The van der Waals surface area contributed by atoms with Crippen LogP contribution < -0.4 is 10.5 Å². The summed E-state index contributed by atoms with van der Waals surface area (Å²) < 4.78 is 27.0. The summed E-state index contributed by atoms with van der Waals surface area (Å²) in [7, 11) is -3.60. The number of carbonyl (C=O) groups excluding carboxylic acids is 1. The smallest absolute Gasteiger partial charge is 0.248 e. The topological polar surface area (TPSA) is 109 Å². The van der Waals surface area contributed by atoms with Gasteiger partial charge in [0.2, 0.25) is 15.9 Å². The van der Waals surface area contributed by atoms with Crippen LogP contribution in [-0.4, -0.2) is 31.6 Å². The predicted molar refractivity (Wildman–Crippen MR) is 73.5 cm³/mol. The Kier molecular flexibility index (Phi) is 4.42. The zero-order valence-corrected chi connectivity index (χ0v) is 11.8. The SMILES string of the molecule is NC(=O)c1ccc(S(=O)(=O)NC2CCC(O)CC2)cc1. The number of amides is 1. The van der Waals surface area contributed by atoms with Crippen LogP contribution in [0.25, 0.3) is 0 Å². The molecule has 1 aliphatic rings. The van der Waals surface area contributed by atoms with E-state index in [0.29, 0.717) is 25.7 Å². The fourth-order valence-electron chi connectivity index (χ4n) is 2.28. The van der Waals surface area contributed by atoms with E-state index in [-0.39, 0.29) is 22.6 Å². The van der Waals surface area contributed by atoms with Crippen LogP contribution >= 0.6 is 0 Å². The monoisotopic (exact) mass is 298 g/mol. The lowest BCUT2D eigenvalue weighted by atomic mass is 9.94. The van der Waals surface area contributed by atoms with Crippen molar-refractivity contribution < 1.29 is 18.3 Å². The Morgan fingerprint density at radius 3 is 2.20 bits per heavy atom. The molecule has 0 radical (unpaired) electrons. The van der Waals surface area contributed by atoms with Crippen molar-refractivity contribution >= 4 is 15.9 Å². The molecule has 2 rings (SSSR count). The van der Waals surface area contributed by atoms with E-state index in [0.717, 1.165) is 0 Å². The van der Waals surface area contributed by atoms with Crippen molar-refractivity contribution in [3.63, 3.8) is 0 Å². The third kappa shape index (κ3) is 3.56. The summed E-state index contributed by atoms with van der Waals surface area (Å²) in [5.74, 6) is -0.594. The number of nitrogens with two attached hydrogens (primary N) is 1. The maximum absolute atomic E-state index is 12.2. The summed E-state index contributed by atoms with van der Waals surface area (Å²) >= 11 is 0. The van der Waals surface area contributed by atoms with Gasteiger partial charge in [0.15, 0.2) is 0 Å². The van der Waals surface area contributed by atoms with Crippen LogP contribution in [0.4, 0.5) is 0 Å². The van der Waals surface area contributed by atoms with E-state index < -0.39 is 15.9 Å². The highest BCUT2D eigenvalue weighted by Gasteiger charge is 2.24. The molecule has 0 spiro atoms. The molecule has 110 valence electrons. The van der Waals surface area contributed by atoms with Gasteiger partial charge in [-0.15, -0.1) is 0 Å². The number of rotatable bonds is 4. The van der Waals surface area contributed by atoms with Crippen molar-refractivity contribution in [1.29, 1.82) is 0 Å². The van der Waals surface area contributed by atoms with Crippen LogP contribution in [0.3, 0.4) is 0 Å². The van der Waals surface area contributed by atoms with Crippen LogP contribution in [0.5, 0.6) is 0 Å². The van der Waals surface area contributed by atoms with Gasteiger partial charge in [-0.05, 0) is 49.9 Å². The molecule has 7 heteroatoms. The molecule has 1 aliphatic carbocycles. The average Bonchev–Trinajstić information content (AvgIpc) is 2.41.